The second-order valence-electron chi connectivity index (χ2n) is 5.49. The third-order valence-electron chi connectivity index (χ3n) is 3.93. The molecule has 0 bridgehead atoms. The third kappa shape index (κ3) is 4.42. The Morgan fingerprint density at radius 2 is 1.67 bits per heavy atom. The normalized spacial score (nSPS) is 12.4. The minimum atomic E-state index is 0.371. The fourth-order valence-electron chi connectivity index (χ4n) is 2.72. The van der Waals surface area contributed by atoms with Crippen molar-refractivity contribution in [1.29, 1.82) is 0 Å². The molecule has 1 N–H and O–H groups in total. The van der Waals surface area contributed by atoms with E-state index in [9.17, 15) is 0 Å². The molecule has 21 heavy (non-hydrogen) atoms. The van der Waals surface area contributed by atoms with Gasteiger partial charge in [-0.2, -0.15) is 0 Å². The van der Waals surface area contributed by atoms with Gasteiger partial charge in [0, 0.05) is 10.5 Å². The predicted molar refractivity (Wildman–Crippen MR) is 94.8 cm³/mol. The summed E-state index contributed by atoms with van der Waals surface area (Å²) >= 11 is 3.55. The van der Waals surface area contributed by atoms with E-state index in [0.29, 0.717) is 6.04 Å². The molecule has 0 aliphatic rings. The minimum absolute atomic E-state index is 0.371. The quantitative estimate of drug-likeness (QED) is 0.757. The molecule has 2 aromatic rings. The molecule has 2 aromatic carbocycles. The SMILES string of the molecule is CCNC(Cc1ccc(CC)cc1)c1ccc(Br)cc1C. The average molecular weight is 346 g/mol. The van der Waals surface area contributed by atoms with Crippen molar-refractivity contribution in [2.75, 3.05) is 6.54 Å². The van der Waals surface area contributed by atoms with E-state index in [-0.39, 0.29) is 0 Å². The van der Waals surface area contributed by atoms with Gasteiger partial charge in [-0.25, -0.2) is 0 Å². The summed E-state index contributed by atoms with van der Waals surface area (Å²) in [4.78, 5) is 0. The smallest absolute Gasteiger partial charge is 0.0363 e. The molecule has 2 rings (SSSR count). The maximum atomic E-state index is 3.62. The van der Waals surface area contributed by atoms with Crippen molar-refractivity contribution in [1.82, 2.24) is 5.32 Å². The van der Waals surface area contributed by atoms with Crippen LogP contribution in [-0.2, 0) is 12.8 Å². The largest absolute Gasteiger partial charge is 0.310 e. The van der Waals surface area contributed by atoms with Gasteiger partial charge in [-0.1, -0.05) is 60.1 Å². The van der Waals surface area contributed by atoms with E-state index in [1.165, 1.54) is 22.3 Å². The predicted octanol–water partition coefficient (Wildman–Crippen LogP) is 5.21. The van der Waals surface area contributed by atoms with E-state index in [1.54, 1.807) is 0 Å². The second kappa shape index (κ2) is 7.77. The van der Waals surface area contributed by atoms with Crippen LogP contribution in [0.3, 0.4) is 0 Å². The topological polar surface area (TPSA) is 12.0 Å². The Labute approximate surface area is 136 Å². The summed E-state index contributed by atoms with van der Waals surface area (Å²) in [7, 11) is 0. The van der Waals surface area contributed by atoms with Crippen LogP contribution in [0.25, 0.3) is 0 Å². The van der Waals surface area contributed by atoms with Crippen LogP contribution < -0.4 is 5.32 Å². The first-order chi connectivity index (χ1) is 10.1. The van der Waals surface area contributed by atoms with Crippen LogP contribution in [0.5, 0.6) is 0 Å². The summed E-state index contributed by atoms with van der Waals surface area (Å²) in [6.45, 7) is 7.53. The maximum absolute atomic E-state index is 3.62. The summed E-state index contributed by atoms with van der Waals surface area (Å²) < 4.78 is 1.14. The summed E-state index contributed by atoms with van der Waals surface area (Å²) in [5.74, 6) is 0. The van der Waals surface area contributed by atoms with Crippen molar-refractivity contribution < 1.29 is 0 Å². The zero-order valence-electron chi connectivity index (χ0n) is 13.1. The van der Waals surface area contributed by atoms with E-state index < -0.39 is 0 Å². The number of halogens is 1. The highest BCUT2D eigenvalue weighted by Crippen LogP contribution is 2.25. The van der Waals surface area contributed by atoms with Gasteiger partial charge in [-0.15, -0.1) is 0 Å². The lowest BCUT2D eigenvalue weighted by atomic mass is 9.95. The van der Waals surface area contributed by atoms with E-state index in [0.717, 1.165) is 23.9 Å². The van der Waals surface area contributed by atoms with Crippen molar-refractivity contribution in [2.24, 2.45) is 0 Å². The van der Waals surface area contributed by atoms with Crippen LogP contribution in [0.1, 0.15) is 42.1 Å². The number of hydrogen-bond acceptors (Lipinski definition) is 1. The molecule has 112 valence electrons. The molecule has 1 atom stereocenters. The molecule has 1 unspecified atom stereocenters. The van der Waals surface area contributed by atoms with Gasteiger partial charge in [-0.05, 0) is 60.7 Å². The lowest BCUT2D eigenvalue weighted by Gasteiger charge is -2.21. The van der Waals surface area contributed by atoms with Gasteiger partial charge in [0.2, 0.25) is 0 Å². The van der Waals surface area contributed by atoms with Crippen molar-refractivity contribution in [3.63, 3.8) is 0 Å². The molecule has 0 spiro atoms. The number of nitrogens with one attached hydrogen (secondary N) is 1. The van der Waals surface area contributed by atoms with E-state index in [1.807, 2.05) is 0 Å². The molecule has 0 aliphatic carbocycles. The molecule has 0 aliphatic heterocycles. The molecule has 1 nitrogen and oxygen atoms in total. The fourth-order valence-corrected chi connectivity index (χ4v) is 3.19. The Morgan fingerprint density at radius 1 is 1.00 bits per heavy atom. The fraction of sp³-hybridized carbons (Fsp3) is 0.368. The Balaban J connectivity index is 2.21. The van der Waals surface area contributed by atoms with Crippen LogP contribution in [-0.4, -0.2) is 6.54 Å². The third-order valence-corrected chi connectivity index (χ3v) is 4.42. The Hall–Kier alpha value is -1.12. The summed E-state index contributed by atoms with van der Waals surface area (Å²) in [5.41, 5.74) is 5.51. The van der Waals surface area contributed by atoms with Crippen molar-refractivity contribution in [3.05, 3.63) is 69.2 Å². The minimum Gasteiger partial charge on any atom is -0.310 e. The van der Waals surface area contributed by atoms with E-state index >= 15 is 0 Å². The number of hydrogen-bond donors (Lipinski definition) is 1. The first kappa shape index (κ1) is 16.3. The van der Waals surface area contributed by atoms with Gasteiger partial charge in [-0.3, -0.25) is 0 Å². The monoisotopic (exact) mass is 345 g/mol. The first-order valence-corrected chi connectivity index (χ1v) is 8.50. The maximum Gasteiger partial charge on any atom is 0.0363 e. The van der Waals surface area contributed by atoms with Crippen molar-refractivity contribution in [2.45, 2.75) is 39.7 Å². The van der Waals surface area contributed by atoms with Crippen molar-refractivity contribution >= 4 is 15.9 Å². The number of aryl methyl sites for hydroxylation is 2. The zero-order valence-corrected chi connectivity index (χ0v) is 14.7. The highest BCUT2D eigenvalue weighted by molar-refractivity contribution is 9.10. The molecule has 0 aromatic heterocycles. The van der Waals surface area contributed by atoms with E-state index in [2.05, 4.69) is 84.5 Å². The molecule has 0 saturated carbocycles. The van der Waals surface area contributed by atoms with Crippen LogP contribution in [0.15, 0.2) is 46.9 Å². The van der Waals surface area contributed by atoms with Crippen LogP contribution in [0, 0.1) is 6.92 Å². The molecule has 0 heterocycles. The van der Waals surface area contributed by atoms with Gasteiger partial charge in [0.05, 0.1) is 0 Å². The van der Waals surface area contributed by atoms with Crippen LogP contribution in [0.2, 0.25) is 0 Å². The molecule has 0 fully saturated rings. The molecule has 0 amide bonds. The first-order valence-electron chi connectivity index (χ1n) is 7.71. The molecular formula is C19H24BrN. The number of likely N-dealkylation sites (N-methyl/N-ethyl adjacent to an activating group) is 1. The van der Waals surface area contributed by atoms with Gasteiger partial charge >= 0.3 is 0 Å². The lowest BCUT2D eigenvalue weighted by Crippen LogP contribution is -2.23. The number of benzene rings is 2. The summed E-state index contributed by atoms with van der Waals surface area (Å²) in [5, 5.41) is 3.62. The molecular weight excluding hydrogens is 322 g/mol. The van der Waals surface area contributed by atoms with Crippen LogP contribution in [0.4, 0.5) is 0 Å². The Bertz CT molecular complexity index is 575. The second-order valence-corrected chi connectivity index (χ2v) is 6.40. The lowest BCUT2D eigenvalue weighted by molar-refractivity contribution is 0.547. The van der Waals surface area contributed by atoms with Crippen molar-refractivity contribution in [3.8, 4) is 0 Å². The Kier molecular flexibility index (Phi) is 6.01. The van der Waals surface area contributed by atoms with Crippen LogP contribution >= 0.6 is 15.9 Å². The highest BCUT2D eigenvalue weighted by atomic mass is 79.9. The molecule has 0 saturated heterocycles. The van der Waals surface area contributed by atoms with E-state index in [4.69, 9.17) is 0 Å². The Morgan fingerprint density at radius 3 is 2.24 bits per heavy atom. The zero-order chi connectivity index (χ0) is 15.2. The summed E-state index contributed by atoms with van der Waals surface area (Å²) in [6.07, 6.45) is 2.13. The van der Waals surface area contributed by atoms with Gasteiger partial charge in [0.1, 0.15) is 0 Å². The van der Waals surface area contributed by atoms with Gasteiger partial charge in [0.15, 0.2) is 0 Å². The van der Waals surface area contributed by atoms with Gasteiger partial charge < -0.3 is 5.32 Å². The van der Waals surface area contributed by atoms with Gasteiger partial charge in [0.25, 0.3) is 0 Å². The summed E-state index contributed by atoms with van der Waals surface area (Å²) in [6, 6.07) is 15.9. The highest BCUT2D eigenvalue weighted by Gasteiger charge is 2.13. The standard InChI is InChI=1S/C19H24BrN/c1-4-15-6-8-16(9-7-15)13-19(21-5-2)18-11-10-17(20)12-14(18)3/h6-12,19,21H,4-5,13H2,1-3H3. The number of rotatable bonds is 6. The molecule has 2 heteroatoms. The average Bonchev–Trinajstić information content (AvgIpc) is 2.48. The molecule has 0 radical (unpaired) electrons.